The van der Waals surface area contributed by atoms with Gasteiger partial charge in [0.1, 0.15) is 11.0 Å². The molecule has 0 atom stereocenters. The van der Waals surface area contributed by atoms with Crippen LogP contribution in [0.25, 0.3) is 17.0 Å². The number of aromatic amines is 2. The van der Waals surface area contributed by atoms with E-state index in [9.17, 15) is 9.59 Å². The normalized spacial score (nSPS) is 10.9. The first-order valence-corrected chi connectivity index (χ1v) is 4.87. The van der Waals surface area contributed by atoms with E-state index in [1.165, 1.54) is 23.3 Å². The third kappa shape index (κ3) is 1.45. The average Bonchev–Trinajstić information content (AvgIpc) is 2.97. The number of H-pyrrole nitrogens is 2. The molecule has 9 nitrogen and oxygen atoms in total. The van der Waals surface area contributed by atoms with Gasteiger partial charge in [0.2, 0.25) is 5.95 Å². The summed E-state index contributed by atoms with van der Waals surface area (Å²) in [7, 11) is 0. The molecule has 0 spiro atoms. The third-order valence-electron chi connectivity index (χ3n) is 2.34. The number of fused-ring (bicyclic) bond motifs is 1. The van der Waals surface area contributed by atoms with Gasteiger partial charge in [-0.1, -0.05) is 0 Å². The fourth-order valence-electron chi connectivity index (χ4n) is 1.50. The number of hydrogen-bond donors (Lipinski definition) is 3. The van der Waals surface area contributed by atoms with Crippen molar-refractivity contribution in [3.8, 4) is 5.95 Å². The summed E-state index contributed by atoms with van der Waals surface area (Å²) in [4.78, 5) is 28.9. The van der Waals surface area contributed by atoms with Crippen LogP contribution < -0.4 is 5.56 Å². The van der Waals surface area contributed by atoms with Gasteiger partial charge in [0.25, 0.3) is 5.56 Å². The minimum Gasteiger partial charge on any atom is -0.478 e. The van der Waals surface area contributed by atoms with Crippen molar-refractivity contribution >= 4 is 17.0 Å². The van der Waals surface area contributed by atoms with Crippen LogP contribution >= 0.6 is 0 Å². The summed E-state index contributed by atoms with van der Waals surface area (Å²) in [6, 6.07) is 0. The van der Waals surface area contributed by atoms with Crippen LogP contribution in [0.5, 0.6) is 0 Å². The Morgan fingerprint density at radius 2 is 2.22 bits per heavy atom. The highest BCUT2D eigenvalue weighted by Gasteiger charge is 2.10. The summed E-state index contributed by atoms with van der Waals surface area (Å²) in [6.07, 6.45) is 3.82. The van der Waals surface area contributed by atoms with Crippen molar-refractivity contribution in [1.29, 1.82) is 0 Å². The van der Waals surface area contributed by atoms with Crippen LogP contribution in [0, 0.1) is 0 Å². The second-order valence-corrected chi connectivity index (χ2v) is 3.50. The number of hydrogen-bond acceptors (Lipinski definition) is 5. The van der Waals surface area contributed by atoms with Gasteiger partial charge in [0, 0.05) is 6.20 Å². The lowest BCUT2D eigenvalue weighted by Crippen LogP contribution is -2.13. The number of carbonyl (C=O) groups is 1. The molecule has 3 aromatic rings. The average molecular weight is 246 g/mol. The number of nitrogens with zero attached hydrogens (tertiary/aromatic N) is 4. The van der Waals surface area contributed by atoms with E-state index in [4.69, 9.17) is 5.11 Å². The Morgan fingerprint density at radius 1 is 1.39 bits per heavy atom. The lowest BCUT2D eigenvalue weighted by Gasteiger charge is -1.98. The van der Waals surface area contributed by atoms with Gasteiger partial charge in [0.05, 0.1) is 18.0 Å². The topological polar surface area (TPSA) is 130 Å². The van der Waals surface area contributed by atoms with Crippen LogP contribution in [0.4, 0.5) is 0 Å². The van der Waals surface area contributed by atoms with E-state index in [1.54, 1.807) is 0 Å². The molecule has 90 valence electrons. The van der Waals surface area contributed by atoms with E-state index in [0.29, 0.717) is 5.52 Å². The molecular weight excluding hydrogens is 240 g/mol. The number of aromatic carboxylic acids is 1. The molecule has 0 aliphatic rings. The zero-order valence-electron chi connectivity index (χ0n) is 8.78. The Hall–Kier alpha value is -2.97. The summed E-state index contributed by atoms with van der Waals surface area (Å²) in [5.74, 6) is -0.977. The van der Waals surface area contributed by atoms with Crippen molar-refractivity contribution in [3.63, 3.8) is 0 Å². The van der Waals surface area contributed by atoms with Gasteiger partial charge in [0.15, 0.2) is 0 Å². The summed E-state index contributed by atoms with van der Waals surface area (Å²) in [6.45, 7) is 0. The Bertz CT molecular complexity index is 798. The van der Waals surface area contributed by atoms with Crippen LogP contribution in [0.1, 0.15) is 10.4 Å². The van der Waals surface area contributed by atoms with E-state index < -0.39 is 11.5 Å². The SMILES string of the molecule is O=C(O)c1cnn(-c2nc3cn[nH]c3c(=O)[nH]2)c1. The highest BCUT2D eigenvalue weighted by molar-refractivity contribution is 5.86. The Balaban J connectivity index is 2.18. The molecule has 0 bridgehead atoms. The van der Waals surface area contributed by atoms with Crippen molar-refractivity contribution in [2.75, 3.05) is 0 Å². The zero-order valence-corrected chi connectivity index (χ0v) is 8.78. The molecule has 0 unspecified atom stereocenters. The summed E-state index contributed by atoms with van der Waals surface area (Å²) < 4.78 is 1.18. The predicted molar refractivity (Wildman–Crippen MR) is 58.6 cm³/mol. The molecular formula is C9H6N6O3. The van der Waals surface area contributed by atoms with Gasteiger partial charge >= 0.3 is 5.97 Å². The first kappa shape index (κ1) is 10.2. The molecule has 3 rings (SSSR count). The number of rotatable bonds is 2. The summed E-state index contributed by atoms with van der Waals surface area (Å²) >= 11 is 0. The maximum Gasteiger partial charge on any atom is 0.338 e. The van der Waals surface area contributed by atoms with E-state index in [2.05, 4.69) is 25.3 Å². The minimum atomic E-state index is -1.10. The van der Waals surface area contributed by atoms with Gasteiger partial charge in [-0.2, -0.15) is 10.2 Å². The van der Waals surface area contributed by atoms with E-state index >= 15 is 0 Å². The molecule has 0 aliphatic carbocycles. The molecule has 0 aromatic carbocycles. The molecule has 0 saturated heterocycles. The molecule has 3 N–H and O–H groups in total. The molecule has 0 amide bonds. The molecule has 3 heterocycles. The van der Waals surface area contributed by atoms with Crippen LogP contribution in [0.2, 0.25) is 0 Å². The van der Waals surface area contributed by atoms with Gasteiger partial charge in [-0.25, -0.2) is 14.5 Å². The molecule has 9 heteroatoms. The minimum absolute atomic E-state index is 0.00457. The van der Waals surface area contributed by atoms with Crippen molar-refractivity contribution in [3.05, 3.63) is 34.5 Å². The van der Waals surface area contributed by atoms with E-state index in [-0.39, 0.29) is 17.0 Å². The first-order valence-electron chi connectivity index (χ1n) is 4.87. The Morgan fingerprint density at radius 3 is 2.94 bits per heavy atom. The van der Waals surface area contributed by atoms with Gasteiger partial charge in [-0.3, -0.25) is 14.9 Å². The molecule has 18 heavy (non-hydrogen) atoms. The third-order valence-corrected chi connectivity index (χ3v) is 2.34. The lowest BCUT2D eigenvalue weighted by molar-refractivity contribution is 0.0697. The van der Waals surface area contributed by atoms with Gasteiger partial charge in [-0.05, 0) is 0 Å². The van der Waals surface area contributed by atoms with Crippen LogP contribution in [0.3, 0.4) is 0 Å². The highest BCUT2D eigenvalue weighted by atomic mass is 16.4. The van der Waals surface area contributed by atoms with Crippen LogP contribution in [-0.4, -0.2) is 41.0 Å². The smallest absolute Gasteiger partial charge is 0.338 e. The van der Waals surface area contributed by atoms with E-state index in [1.807, 2.05) is 0 Å². The lowest BCUT2D eigenvalue weighted by atomic mass is 10.4. The quantitative estimate of drug-likeness (QED) is 0.560. The number of nitrogens with one attached hydrogen (secondary N) is 2. The summed E-state index contributed by atoms with van der Waals surface area (Å²) in [5, 5.41) is 18.8. The molecule has 0 fully saturated rings. The zero-order chi connectivity index (χ0) is 12.7. The molecule has 3 aromatic heterocycles. The number of carboxylic acid groups (broad SMARTS) is 1. The van der Waals surface area contributed by atoms with Gasteiger partial charge in [-0.15, -0.1) is 0 Å². The molecule has 0 aliphatic heterocycles. The van der Waals surface area contributed by atoms with Crippen molar-refractivity contribution in [2.45, 2.75) is 0 Å². The summed E-state index contributed by atoms with van der Waals surface area (Å²) in [5.41, 5.74) is 0.232. The first-order chi connectivity index (χ1) is 8.65. The van der Waals surface area contributed by atoms with Crippen LogP contribution in [-0.2, 0) is 0 Å². The van der Waals surface area contributed by atoms with Gasteiger partial charge < -0.3 is 5.11 Å². The van der Waals surface area contributed by atoms with Crippen molar-refractivity contribution < 1.29 is 9.90 Å². The standard InChI is InChI=1S/C9H6N6O3/c16-7-6-5(2-10-14-6)12-9(13-7)15-3-4(1-11-15)8(17)18/h1-3H,(H,10,14)(H,17,18)(H,12,13,16). The van der Waals surface area contributed by atoms with Crippen molar-refractivity contribution in [1.82, 2.24) is 29.9 Å². The predicted octanol–water partition coefficient (Wildman–Crippen LogP) is -0.470. The van der Waals surface area contributed by atoms with Crippen molar-refractivity contribution in [2.24, 2.45) is 0 Å². The number of aromatic nitrogens is 6. The van der Waals surface area contributed by atoms with E-state index in [0.717, 1.165) is 0 Å². The van der Waals surface area contributed by atoms with Crippen LogP contribution in [0.15, 0.2) is 23.4 Å². The fraction of sp³-hybridized carbons (Fsp3) is 0. The second-order valence-electron chi connectivity index (χ2n) is 3.50. The second kappa shape index (κ2) is 3.52. The fourth-order valence-corrected chi connectivity index (χ4v) is 1.50. The maximum atomic E-state index is 11.7. The maximum absolute atomic E-state index is 11.7. The highest BCUT2D eigenvalue weighted by Crippen LogP contribution is 2.06. The Kier molecular flexibility index (Phi) is 1.99. The number of carboxylic acids is 1. The molecule has 0 radical (unpaired) electrons. The Labute approximate surface area is 98.1 Å². The monoisotopic (exact) mass is 246 g/mol. The largest absolute Gasteiger partial charge is 0.478 e. The molecule has 0 saturated carbocycles.